The summed E-state index contributed by atoms with van der Waals surface area (Å²) < 4.78 is 1.76. The molecule has 0 aliphatic carbocycles. The van der Waals surface area contributed by atoms with Crippen LogP contribution in [0.1, 0.15) is 61.8 Å². The lowest BCUT2D eigenvalue weighted by Crippen LogP contribution is -2.37. The van der Waals surface area contributed by atoms with Crippen LogP contribution >= 0.6 is 22.9 Å². The van der Waals surface area contributed by atoms with E-state index >= 15 is 0 Å². The van der Waals surface area contributed by atoms with E-state index in [1.807, 2.05) is 47.8 Å². The lowest BCUT2D eigenvalue weighted by Gasteiger charge is -2.24. The average Bonchev–Trinajstić information content (AvgIpc) is 3.43. The highest BCUT2D eigenvalue weighted by Crippen LogP contribution is 2.31. The molecule has 2 aromatic heterocycles. The monoisotopic (exact) mass is 577 g/mol. The summed E-state index contributed by atoms with van der Waals surface area (Å²) in [6, 6.07) is 14.8. The van der Waals surface area contributed by atoms with Gasteiger partial charge in [-0.1, -0.05) is 69.6 Å². The SMILES string of the molecule is CCc1cccc(CC)c1-n1c(CC(C)C)c(C(=O)NC(C)CO)cc(-c2nc(-c3ccc(Cl)cc3)cs2)c1=O. The predicted molar refractivity (Wildman–Crippen MR) is 165 cm³/mol. The van der Waals surface area contributed by atoms with Crippen LogP contribution in [-0.2, 0) is 19.3 Å². The molecule has 0 aliphatic heterocycles. The fourth-order valence-electron chi connectivity index (χ4n) is 4.83. The second-order valence-corrected chi connectivity index (χ2v) is 11.7. The summed E-state index contributed by atoms with van der Waals surface area (Å²) in [6.45, 7) is 9.86. The molecule has 210 valence electrons. The van der Waals surface area contributed by atoms with Crippen LogP contribution in [0.2, 0.25) is 5.02 Å². The Kier molecular flexibility index (Phi) is 9.61. The number of aryl methyl sites for hydroxylation is 2. The van der Waals surface area contributed by atoms with Gasteiger partial charge in [-0.3, -0.25) is 14.2 Å². The number of thiazole rings is 1. The first-order chi connectivity index (χ1) is 19.2. The second kappa shape index (κ2) is 12.9. The first kappa shape index (κ1) is 29.7. The van der Waals surface area contributed by atoms with Crippen LogP contribution in [0.15, 0.2) is 58.7 Å². The molecule has 0 aliphatic rings. The Morgan fingerprint density at radius 3 is 2.30 bits per heavy atom. The number of aliphatic hydroxyl groups excluding tert-OH is 1. The number of rotatable bonds is 10. The minimum atomic E-state index is -0.436. The Hall–Kier alpha value is -3.26. The van der Waals surface area contributed by atoms with Crippen molar-refractivity contribution in [2.24, 2.45) is 5.92 Å². The van der Waals surface area contributed by atoms with Gasteiger partial charge in [-0.2, -0.15) is 0 Å². The van der Waals surface area contributed by atoms with E-state index in [-0.39, 0.29) is 24.0 Å². The molecule has 1 unspecified atom stereocenters. The molecule has 1 amide bonds. The van der Waals surface area contributed by atoms with E-state index in [9.17, 15) is 14.7 Å². The van der Waals surface area contributed by atoms with Crippen molar-refractivity contribution in [3.8, 4) is 27.5 Å². The van der Waals surface area contributed by atoms with Gasteiger partial charge in [0.25, 0.3) is 11.5 Å². The molecule has 0 radical (unpaired) electrons. The van der Waals surface area contributed by atoms with Crippen LogP contribution < -0.4 is 10.9 Å². The van der Waals surface area contributed by atoms with Gasteiger partial charge in [-0.25, -0.2) is 4.98 Å². The van der Waals surface area contributed by atoms with Crippen molar-refractivity contribution in [1.82, 2.24) is 14.9 Å². The number of halogens is 1. The molecule has 0 spiro atoms. The number of pyridine rings is 1. The zero-order valence-electron chi connectivity index (χ0n) is 23.6. The van der Waals surface area contributed by atoms with E-state index in [1.165, 1.54) is 11.3 Å². The Bertz CT molecular complexity index is 1530. The van der Waals surface area contributed by atoms with Gasteiger partial charge in [-0.15, -0.1) is 11.3 Å². The molecule has 4 rings (SSSR count). The van der Waals surface area contributed by atoms with Crippen molar-refractivity contribution < 1.29 is 9.90 Å². The third-order valence-corrected chi connectivity index (χ3v) is 7.99. The molecule has 0 saturated carbocycles. The number of hydrogen-bond acceptors (Lipinski definition) is 5. The van der Waals surface area contributed by atoms with Crippen LogP contribution in [0.25, 0.3) is 27.5 Å². The summed E-state index contributed by atoms with van der Waals surface area (Å²) in [5.74, 6) is -0.137. The summed E-state index contributed by atoms with van der Waals surface area (Å²) in [7, 11) is 0. The Morgan fingerprint density at radius 2 is 1.73 bits per heavy atom. The average molecular weight is 578 g/mol. The number of carbonyl (C=O) groups excluding carboxylic acids is 1. The molecule has 8 heteroatoms. The van der Waals surface area contributed by atoms with E-state index in [1.54, 1.807) is 17.6 Å². The highest BCUT2D eigenvalue weighted by Gasteiger charge is 2.26. The van der Waals surface area contributed by atoms with Gasteiger partial charge in [0.2, 0.25) is 0 Å². The summed E-state index contributed by atoms with van der Waals surface area (Å²) in [5, 5.41) is 15.6. The topological polar surface area (TPSA) is 84.2 Å². The van der Waals surface area contributed by atoms with Gasteiger partial charge in [0, 0.05) is 27.7 Å². The number of nitrogens with one attached hydrogen (secondary N) is 1. The molecule has 0 bridgehead atoms. The first-order valence-corrected chi connectivity index (χ1v) is 15.0. The fraction of sp³-hybridized carbons (Fsp3) is 0.344. The van der Waals surface area contributed by atoms with Crippen LogP contribution in [0.3, 0.4) is 0 Å². The van der Waals surface area contributed by atoms with E-state index in [0.29, 0.717) is 33.3 Å². The molecule has 2 heterocycles. The number of benzene rings is 2. The number of hydrogen-bond donors (Lipinski definition) is 2. The molecule has 1 atom stereocenters. The molecule has 4 aromatic rings. The zero-order chi connectivity index (χ0) is 29.0. The van der Waals surface area contributed by atoms with Crippen LogP contribution in [0.4, 0.5) is 0 Å². The molecule has 0 saturated heterocycles. The van der Waals surface area contributed by atoms with Crippen molar-refractivity contribution in [2.45, 2.75) is 59.9 Å². The number of aliphatic hydroxyl groups is 1. The van der Waals surface area contributed by atoms with E-state index in [4.69, 9.17) is 16.6 Å². The normalized spacial score (nSPS) is 12.1. The molecule has 6 nitrogen and oxygen atoms in total. The lowest BCUT2D eigenvalue weighted by atomic mass is 9.97. The fourth-order valence-corrected chi connectivity index (χ4v) is 5.79. The first-order valence-electron chi connectivity index (χ1n) is 13.7. The lowest BCUT2D eigenvalue weighted by molar-refractivity contribution is 0.0920. The number of para-hydroxylation sites is 1. The smallest absolute Gasteiger partial charge is 0.265 e. The zero-order valence-corrected chi connectivity index (χ0v) is 25.2. The standard InChI is InChI=1S/C32H36ClN3O3S/c1-6-21-9-8-10-22(7-2)29(21)36-28(15-19(3)4)25(30(38)34-20(5)17-37)16-26(32(36)39)31-35-27(18-40-31)23-11-13-24(33)14-12-23/h8-14,16,18-20,37H,6-7,15,17H2,1-5H3,(H,34,38). The molecular formula is C32H36ClN3O3S. The number of nitrogens with zero attached hydrogens (tertiary/aromatic N) is 2. The van der Waals surface area contributed by atoms with Gasteiger partial charge in [0.1, 0.15) is 5.01 Å². The summed E-state index contributed by atoms with van der Waals surface area (Å²) in [6.07, 6.45) is 2.00. The Morgan fingerprint density at radius 1 is 1.07 bits per heavy atom. The van der Waals surface area contributed by atoms with Crippen LogP contribution in [-0.4, -0.2) is 33.2 Å². The van der Waals surface area contributed by atoms with Crippen LogP contribution in [0, 0.1) is 5.92 Å². The van der Waals surface area contributed by atoms with Crippen molar-refractivity contribution in [3.63, 3.8) is 0 Å². The van der Waals surface area contributed by atoms with Gasteiger partial charge in [0.15, 0.2) is 0 Å². The summed E-state index contributed by atoms with van der Waals surface area (Å²) in [4.78, 5) is 33.0. The van der Waals surface area contributed by atoms with E-state index in [2.05, 4.69) is 33.0 Å². The second-order valence-electron chi connectivity index (χ2n) is 10.4. The van der Waals surface area contributed by atoms with Crippen molar-refractivity contribution in [2.75, 3.05) is 6.61 Å². The predicted octanol–water partition coefficient (Wildman–Crippen LogP) is 6.72. The highest BCUT2D eigenvalue weighted by molar-refractivity contribution is 7.13. The van der Waals surface area contributed by atoms with E-state index < -0.39 is 6.04 Å². The van der Waals surface area contributed by atoms with Crippen molar-refractivity contribution in [3.05, 3.63) is 91.7 Å². The maximum Gasteiger partial charge on any atom is 0.265 e. The van der Waals surface area contributed by atoms with Gasteiger partial charge < -0.3 is 10.4 Å². The van der Waals surface area contributed by atoms with Crippen molar-refractivity contribution >= 4 is 28.8 Å². The third-order valence-electron chi connectivity index (χ3n) is 6.86. The molecular weight excluding hydrogens is 542 g/mol. The minimum Gasteiger partial charge on any atom is -0.394 e. The number of carbonyl (C=O) groups is 1. The number of amides is 1. The molecule has 0 fully saturated rings. The summed E-state index contributed by atoms with van der Waals surface area (Å²) >= 11 is 7.44. The van der Waals surface area contributed by atoms with Gasteiger partial charge in [-0.05, 0) is 61.4 Å². The summed E-state index contributed by atoms with van der Waals surface area (Å²) in [5.41, 5.74) is 5.80. The van der Waals surface area contributed by atoms with E-state index in [0.717, 1.165) is 40.9 Å². The molecule has 2 aromatic carbocycles. The quantitative estimate of drug-likeness (QED) is 0.219. The maximum absolute atomic E-state index is 14.5. The Balaban J connectivity index is 2.05. The Labute approximate surface area is 244 Å². The van der Waals surface area contributed by atoms with Gasteiger partial charge >= 0.3 is 0 Å². The third kappa shape index (κ3) is 6.22. The minimum absolute atomic E-state index is 0.187. The van der Waals surface area contributed by atoms with Crippen LogP contribution in [0.5, 0.6) is 0 Å². The molecule has 2 N–H and O–H groups in total. The highest BCUT2D eigenvalue weighted by atomic mass is 35.5. The van der Waals surface area contributed by atoms with Gasteiger partial charge in [0.05, 0.1) is 29.1 Å². The maximum atomic E-state index is 14.5. The molecule has 40 heavy (non-hydrogen) atoms. The number of aromatic nitrogens is 2. The van der Waals surface area contributed by atoms with Crippen molar-refractivity contribution in [1.29, 1.82) is 0 Å². The largest absolute Gasteiger partial charge is 0.394 e.